The summed E-state index contributed by atoms with van der Waals surface area (Å²) in [5, 5.41) is 5.39. The van der Waals surface area contributed by atoms with Gasteiger partial charge in [-0.05, 0) is 57.0 Å². The van der Waals surface area contributed by atoms with Crippen LogP contribution in [0.4, 0.5) is 9.59 Å². The zero-order chi connectivity index (χ0) is 24.9. The van der Waals surface area contributed by atoms with Gasteiger partial charge in [0, 0.05) is 18.4 Å². The van der Waals surface area contributed by atoms with Crippen LogP contribution < -0.4 is 15.4 Å². The van der Waals surface area contributed by atoms with Gasteiger partial charge in [0.2, 0.25) is 11.2 Å². The van der Waals surface area contributed by atoms with Crippen molar-refractivity contribution in [2.75, 3.05) is 13.7 Å². The van der Waals surface area contributed by atoms with Crippen LogP contribution in [0, 0.1) is 6.92 Å². The quantitative estimate of drug-likeness (QED) is 0.420. The zero-order valence-corrected chi connectivity index (χ0v) is 21.1. The molecule has 3 heterocycles. The van der Waals surface area contributed by atoms with E-state index < -0.39 is 17.8 Å². The second-order valence-electron chi connectivity index (χ2n) is 8.45. The van der Waals surface area contributed by atoms with E-state index in [1.54, 1.807) is 40.0 Å². The molecular formula is C22H27ClN4O6S. The molecule has 0 spiro atoms. The number of carbonyl (C=O) groups excluding carboxylic acids is 2. The molecule has 34 heavy (non-hydrogen) atoms. The number of nitrogens with zero attached hydrogens (tertiary/aromatic N) is 2. The number of ether oxygens (including phenoxy) is 3. The van der Waals surface area contributed by atoms with E-state index in [4.69, 9.17) is 30.2 Å². The molecule has 0 aliphatic heterocycles. The van der Waals surface area contributed by atoms with Gasteiger partial charge in [-0.1, -0.05) is 0 Å². The Bertz CT molecular complexity index is 1140. The number of alkyl carbamates (subject to hydrolysis) is 1. The summed E-state index contributed by atoms with van der Waals surface area (Å²) >= 11 is 7.45. The standard InChI is InChI=1S/C22H27ClN4O6S/c1-12-15(9-13(11-30-5)25-21(29)33-22(2,3)4)34-17-16(12)26-19(23)27-18(17)32-20(28)24-10-14-7-6-8-31-14/h6-8,13H,9-11H2,1-5H3,(H,24,28)(H,25,29). The van der Waals surface area contributed by atoms with Crippen LogP contribution in [0.25, 0.3) is 10.2 Å². The van der Waals surface area contributed by atoms with Gasteiger partial charge in [-0.3, -0.25) is 0 Å². The Morgan fingerprint density at radius 3 is 2.68 bits per heavy atom. The largest absolute Gasteiger partial charge is 0.467 e. The van der Waals surface area contributed by atoms with Crippen LogP contribution in [-0.2, 0) is 22.4 Å². The second kappa shape index (κ2) is 11.0. The topological polar surface area (TPSA) is 125 Å². The summed E-state index contributed by atoms with van der Waals surface area (Å²) in [6.45, 7) is 7.71. The number of furan rings is 1. The van der Waals surface area contributed by atoms with E-state index in [9.17, 15) is 9.59 Å². The van der Waals surface area contributed by atoms with Crippen molar-refractivity contribution in [1.82, 2.24) is 20.6 Å². The first kappa shape index (κ1) is 25.7. The van der Waals surface area contributed by atoms with Gasteiger partial charge in [-0.2, -0.15) is 4.98 Å². The molecule has 0 aromatic carbocycles. The number of fused-ring (bicyclic) bond motifs is 1. The number of halogens is 1. The van der Waals surface area contributed by atoms with Gasteiger partial charge in [0.05, 0.1) is 31.0 Å². The first-order valence-electron chi connectivity index (χ1n) is 10.5. The molecular weight excluding hydrogens is 484 g/mol. The lowest BCUT2D eigenvalue weighted by molar-refractivity contribution is 0.0469. The third-order valence-electron chi connectivity index (χ3n) is 4.50. The average molecular weight is 511 g/mol. The van der Waals surface area contributed by atoms with Gasteiger partial charge in [0.15, 0.2) is 0 Å². The van der Waals surface area contributed by atoms with Crippen LogP contribution >= 0.6 is 22.9 Å². The fourth-order valence-electron chi connectivity index (χ4n) is 3.09. The van der Waals surface area contributed by atoms with Crippen molar-refractivity contribution in [3.05, 3.63) is 39.9 Å². The lowest BCUT2D eigenvalue weighted by Crippen LogP contribution is -2.42. The summed E-state index contributed by atoms with van der Waals surface area (Å²) in [6, 6.07) is 3.10. The number of thiophene rings is 1. The Labute approximate surface area is 205 Å². The van der Waals surface area contributed by atoms with Crippen LogP contribution in [0.15, 0.2) is 22.8 Å². The summed E-state index contributed by atoms with van der Waals surface area (Å²) in [5.74, 6) is 0.633. The Morgan fingerprint density at radius 2 is 2.03 bits per heavy atom. The fourth-order valence-corrected chi connectivity index (χ4v) is 4.50. The van der Waals surface area contributed by atoms with Crippen LogP contribution in [0.3, 0.4) is 0 Å². The first-order chi connectivity index (χ1) is 16.1. The molecule has 3 rings (SSSR count). The molecule has 1 unspecified atom stereocenters. The van der Waals surface area contributed by atoms with Gasteiger partial charge >= 0.3 is 12.2 Å². The van der Waals surface area contributed by atoms with Crippen molar-refractivity contribution >= 4 is 45.3 Å². The summed E-state index contributed by atoms with van der Waals surface area (Å²) in [7, 11) is 1.56. The molecule has 10 nitrogen and oxygen atoms in total. The highest BCUT2D eigenvalue weighted by Gasteiger charge is 2.24. The second-order valence-corrected chi connectivity index (χ2v) is 9.89. The zero-order valence-electron chi connectivity index (χ0n) is 19.6. The van der Waals surface area contributed by atoms with E-state index in [0.717, 1.165) is 10.4 Å². The van der Waals surface area contributed by atoms with Crippen molar-refractivity contribution in [3.8, 4) is 5.88 Å². The Kier molecular flexibility index (Phi) is 8.34. The summed E-state index contributed by atoms with van der Waals surface area (Å²) in [6.07, 6.45) is 0.722. The minimum Gasteiger partial charge on any atom is -0.467 e. The monoisotopic (exact) mass is 510 g/mol. The lowest BCUT2D eigenvalue weighted by atomic mass is 10.1. The van der Waals surface area contributed by atoms with E-state index in [2.05, 4.69) is 20.6 Å². The highest BCUT2D eigenvalue weighted by Crippen LogP contribution is 2.36. The predicted octanol–water partition coefficient (Wildman–Crippen LogP) is 4.62. The molecule has 2 N–H and O–H groups in total. The number of hydrogen-bond donors (Lipinski definition) is 2. The number of aromatic nitrogens is 2. The summed E-state index contributed by atoms with van der Waals surface area (Å²) in [5.41, 5.74) is 0.796. The van der Waals surface area contributed by atoms with Crippen molar-refractivity contribution in [2.45, 2.75) is 52.3 Å². The van der Waals surface area contributed by atoms with E-state index in [0.29, 0.717) is 22.4 Å². The van der Waals surface area contributed by atoms with Gasteiger partial charge in [-0.25, -0.2) is 14.6 Å². The molecule has 1 atom stereocenters. The molecule has 0 fully saturated rings. The summed E-state index contributed by atoms with van der Waals surface area (Å²) in [4.78, 5) is 33.9. The van der Waals surface area contributed by atoms with Gasteiger partial charge in [-0.15, -0.1) is 11.3 Å². The SMILES string of the molecule is COCC(Cc1sc2c(OC(=O)NCc3ccco3)nc(Cl)nc2c1C)NC(=O)OC(C)(C)C. The number of methoxy groups -OCH3 is 1. The maximum atomic E-state index is 12.3. The molecule has 2 amide bonds. The Hall–Kier alpha value is -2.89. The van der Waals surface area contributed by atoms with Gasteiger partial charge in [0.25, 0.3) is 0 Å². The first-order valence-corrected chi connectivity index (χ1v) is 11.7. The van der Waals surface area contributed by atoms with Crippen LogP contribution in [0.1, 0.15) is 37.0 Å². The van der Waals surface area contributed by atoms with Crippen LogP contribution in [0.2, 0.25) is 5.28 Å². The number of hydrogen-bond acceptors (Lipinski definition) is 9. The van der Waals surface area contributed by atoms with E-state index in [1.165, 1.54) is 17.6 Å². The van der Waals surface area contributed by atoms with Crippen molar-refractivity contribution in [1.29, 1.82) is 0 Å². The van der Waals surface area contributed by atoms with Gasteiger partial charge in [0.1, 0.15) is 16.1 Å². The maximum absolute atomic E-state index is 12.3. The fraction of sp³-hybridized carbons (Fsp3) is 0.455. The molecule has 184 valence electrons. The average Bonchev–Trinajstić information content (AvgIpc) is 3.34. The van der Waals surface area contributed by atoms with E-state index >= 15 is 0 Å². The predicted molar refractivity (Wildman–Crippen MR) is 127 cm³/mol. The number of carbonyl (C=O) groups is 2. The maximum Gasteiger partial charge on any atom is 0.414 e. The Balaban J connectivity index is 1.78. The molecule has 0 saturated heterocycles. The third-order valence-corrected chi connectivity index (χ3v) is 5.96. The number of nitrogens with one attached hydrogen (secondary N) is 2. The van der Waals surface area contributed by atoms with Crippen molar-refractivity contribution < 1.29 is 28.2 Å². The van der Waals surface area contributed by atoms with Crippen molar-refractivity contribution in [2.24, 2.45) is 0 Å². The molecule has 0 bridgehead atoms. The molecule has 3 aromatic heterocycles. The van der Waals surface area contributed by atoms with E-state index in [1.807, 2.05) is 6.92 Å². The molecule has 12 heteroatoms. The smallest absolute Gasteiger partial charge is 0.414 e. The van der Waals surface area contributed by atoms with Crippen LogP contribution in [-0.4, -0.2) is 47.5 Å². The minimum atomic E-state index is -0.705. The molecule has 0 radical (unpaired) electrons. The van der Waals surface area contributed by atoms with Crippen LogP contribution in [0.5, 0.6) is 5.88 Å². The normalized spacial score (nSPS) is 12.4. The minimum absolute atomic E-state index is 0.0471. The van der Waals surface area contributed by atoms with Gasteiger partial charge < -0.3 is 29.3 Å². The number of aryl methyl sites for hydroxylation is 1. The molecule has 0 aliphatic rings. The molecule has 3 aromatic rings. The highest BCUT2D eigenvalue weighted by atomic mass is 35.5. The number of amides is 2. The molecule has 0 saturated carbocycles. The summed E-state index contributed by atoms with van der Waals surface area (Å²) < 4.78 is 21.8. The van der Waals surface area contributed by atoms with Crippen molar-refractivity contribution in [3.63, 3.8) is 0 Å². The Morgan fingerprint density at radius 1 is 1.26 bits per heavy atom. The lowest BCUT2D eigenvalue weighted by Gasteiger charge is -2.23. The number of rotatable bonds is 8. The molecule has 0 aliphatic carbocycles. The van der Waals surface area contributed by atoms with E-state index in [-0.39, 0.29) is 30.4 Å². The highest BCUT2D eigenvalue weighted by molar-refractivity contribution is 7.19. The third kappa shape index (κ3) is 7.05.